The van der Waals surface area contributed by atoms with Crippen molar-refractivity contribution in [2.45, 2.75) is 10.8 Å². The third-order valence-electron chi connectivity index (χ3n) is 3.49. The second-order valence-electron chi connectivity index (χ2n) is 5.09. The van der Waals surface area contributed by atoms with Crippen molar-refractivity contribution in [3.63, 3.8) is 0 Å². The van der Waals surface area contributed by atoms with Crippen molar-refractivity contribution in [2.24, 2.45) is 0 Å². The van der Waals surface area contributed by atoms with Crippen molar-refractivity contribution in [2.75, 3.05) is 0 Å². The Hall–Kier alpha value is -2.80. The van der Waals surface area contributed by atoms with Crippen molar-refractivity contribution < 1.29 is 4.39 Å². The first-order chi connectivity index (χ1) is 11.8. The van der Waals surface area contributed by atoms with Gasteiger partial charge in [0.25, 0.3) is 0 Å². The molecule has 0 radical (unpaired) electrons. The van der Waals surface area contributed by atoms with Gasteiger partial charge in [-0.3, -0.25) is 4.98 Å². The van der Waals surface area contributed by atoms with E-state index in [9.17, 15) is 4.39 Å². The van der Waals surface area contributed by atoms with Crippen molar-refractivity contribution in [3.8, 4) is 11.4 Å². The average Bonchev–Trinajstić information content (AvgIpc) is 3.05. The van der Waals surface area contributed by atoms with E-state index in [1.54, 1.807) is 29.0 Å². The van der Waals surface area contributed by atoms with Crippen LogP contribution in [0, 0.1) is 5.82 Å². The molecule has 0 N–H and O–H groups in total. The number of hydrogen-bond acceptors (Lipinski definition) is 5. The highest BCUT2D eigenvalue weighted by Crippen LogP contribution is 2.24. The molecule has 24 heavy (non-hydrogen) atoms. The Kier molecular flexibility index (Phi) is 3.92. The van der Waals surface area contributed by atoms with Gasteiger partial charge in [0.1, 0.15) is 10.8 Å². The third-order valence-corrected chi connectivity index (χ3v) is 4.46. The minimum absolute atomic E-state index is 0.202. The van der Waals surface area contributed by atoms with Crippen LogP contribution in [-0.4, -0.2) is 24.8 Å². The molecule has 0 aliphatic heterocycles. The van der Waals surface area contributed by atoms with Crippen molar-refractivity contribution in [1.29, 1.82) is 0 Å². The van der Waals surface area contributed by atoms with E-state index in [0.29, 0.717) is 22.8 Å². The first-order valence-corrected chi connectivity index (χ1v) is 8.29. The van der Waals surface area contributed by atoms with E-state index in [1.165, 1.54) is 17.8 Å². The normalized spacial score (nSPS) is 11.0. The molecular formula is C17H12FN5S. The maximum Gasteiger partial charge on any atom is 0.186 e. The molecule has 0 aliphatic rings. The maximum absolute atomic E-state index is 13.7. The molecule has 0 atom stereocenters. The van der Waals surface area contributed by atoms with Gasteiger partial charge in [-0.2, -0.15) is 9.61 Å². The molecular weight excluding hydrogens is 325 g/mol. The molecule has 0 unspecified atom stereocenters. The molecule has 3 heterocycles. The van der Waals surface area contributed by atoms with Crippen LogP contribution in [0.15, 0.2) is 66.0 Å². The topological polar surface area (TPSA) is 56.0 Å². The van der Waals surface area contributed by atoms with E-state index in [-0.39, 0.29) is 5.82 Å². The fourth-order valence-corrected chi connectivity index (χ4v) is 3.13. The van der Waals surface area contributed by atoms with Gasteiger partial charge in [-0.05, 0) is 35.9 Å². The van der Waals surface area contributed by atoms with Crippen molar-refractivity contribution >= 4 is 17.4 Å². The summed E-state index contributed by atoms with van der Waals surface area (Å²) in [7, 11) is 0. The first kappa shape index (κ1) is 14.8. The van der Waals surface area contributed by atoms with E-state index in [2.05, 4.69) is 20.3 Å². The number of thioether (sulfide) groups is 1. The highest BCUT2D eigenvalue weighted by Gasteiger charge is 2.10. The SMILES string of the molecule is Fc1ccccc1CSc1ccc2nnc(-c3cccnc3)n2n1. The zero-order chi connectivity index (χ0) is 16.4. The Morgan fingerprint density at radius 2 is 1.92 bits per heavy atom. The maximum atomic E-state index is 13.7. The lowest BCUT2D eigenvalue weighted by Gasteiger charge is -2.04. The Balaban J connectivity index is 1.64. The Morgan fingerprint density at radius 1 is 1.00 bits per heavy atom. The molecule has 7 heteroatoms. The van der Waals surface area contributed by atoms with Gasteiger partial charge in [0.05, 0.1) is 0 Å². The van der Waals surface area contributed by atoms with Crippen molar-refractivity contribution in [3.05, 3.63) is 72.3 Å². The van der Waals surface area contributed by atoms with Crippen LogP contribution < -0.4 is 0 Å². The number of rotatable bonds is 4. The number of hydrogen-bond donors (Lipinski definition) is 0. The van der Waals surface area contributed by atoms with E-state index in [0.717, 1.165) is 10.6 Å². The minimum atomic E-state index is -0.202. The summed E-state index contributed by atoms with van der Waals surface area (Å²) >= 11 is 1.47. The van der Waals surface area contributed by atoms with Crippen LogP contribution >= 0.6 is 11.8 Å². The molecule has 0 saturated heterocycles. The monoisotopic (exact) mass is 337 g/mol. The standard InChI is InChI=1S/C17H12FN5S/c18-14-6-2-1-4-13(14)11-24-16-8-7-15-20-21-17(23(15)22-16)12-5-3-9-19-10-12/h1-10H,11H2. The van der Waals surface area contributed by atoms with Crippen LogP contribution in [0.2, 0.25) is 0 Å². The van der Waals surface area contributed by atoms with Gasteiger partial charge in [0.2, 0.25) is 0 Å². The number of halogens is 1. The largest absolute Gasteiger partial charge is 0.264 e. The van der Waals surface area contributed by atoms with Crippen LogP contribution in [0.4, 0.5) is 4.39 Å². The van der Waals surface area contributed by atoms with Gasteiger partial charge in [0.15, 0.2) is 11.5 Å². The molecule has 0 saturated carbocycles. The number of fused-ring (bicyclic) bond motifs is 1. The summed E-state index contributed by atoms with van der Waals surface area (Å²) in [6.45, 7) is 0. The fraction of sp³-hybridized carbons (Fsp3) is 0.0588. The summed E-state index contributed by atoms with van der Waals surface area (Å²) < 4.78 is 15.4. The summed E-state index contributed by atoms with van der Waals surface area (Å²) in [6, 6.07) is 14.2. The second-order valence-corrected chi connectivity index (χ2v) is 6.08. The van der Waals surface area contributed by atoms with Gasteiger partial charge in [0, 0.05) is 23.7 Å². The molecule has 0 amide bonds. The quantitative estimate of drug-likeness (QED) is 0.532. The number of nitrogens with zero attached hydrogens (tertiary/aromatic N) is 5. The summed E-state index contributed by atoms with van der Waals surface area (Å²) in [5.74, 6) is 0.938. The highest BCUT2D eigenvalue weighted by molar-refractivity contribution is 7.98. The Labute approximate surface area is 141 Å². The molecule has 4 rings (SSSR count). The number of benzene rings is 1. The predicted molar refractivity (Wildman–Crippen MR) is 90.0 cm³/mol. The zero-order valence-electron chi connectivity index (χ0n) is 12.5. The molecule has 0 spiro atoms. The van der Waals surface area contributed by atoms with Gasteiger partial charge >= 0.3 is 0 Å². The Bertz CT molecular complexity index is 987. The first-order valence-electron chi connectivity index (χ1n) is 7.30. The van der Waals surface area contributed by atoms with E-state index in [1.807, 2.05) is 30.3 Å². The van der Waals surface area contributed by atoms with Crippen LogP contribution in [0.25, 0.3) is 17.0 Å². The van der Waals surface area contributed by atoms with Crippen molar-refractivity contribution in [1.82, 2.24) is 24.8 Å². The third kappa shape index (κ3) is 2.85. The number of pyridine rings is 1. The smallest absolute Gasteiger partial charge is 0.186 e. The lowest BCUT2D eigenvalue weighted by Crippen LogP contribution is -1.97. The van der Waals surface area contributed by atoms with Crippen LogP contribution in [0.1, 0.15) is 5.56 Å². The van der Waals surface area contributed by atoms with Gasteiger partial charge < -0.3 is 0 Å². The summed E-state index contributed by atoms with van der Waals surface area (Å²) in [6.07, 6.45) is 3.42. The second kappa shape index (κ2) is 6.37. The molecule has 1 aromatic carbocycles. The average molecular weight is 337 g/mol. The van der Waals surface area contributed by atoms with Crippen LogP contribution in [-0.2, 0) is 5.75 Å². The molecule has 0 fully saturated rings. The molecule has 3 aromatic heterocycles. The van der Waals surface area contributed by atoms with Gasteiger partial charge in [-0.1, -0.05) is 30.0 Å². The predicted octanol–water partition coefficient (Wildman–Crippen LogP) is 3.62. The molecule has 4 aromatic rings. The van der Waals surface area contributed by atoms with Gasteiger partial charge in [-0.25, -0.2) is 4.39 Å². The Morgan fingerprint density at radius 3 is 2.75 bits per heavy atom. The summed E-state index contributed by atoms with van der Waals surface area (Å²) in [4.78, 5) is 4.10. The summed E-state index contributed by atoms with van der Waals surface area (Å²) in [5, 5.41) is 13.6. The van der Waals surface area contributed by atoms with E-state index >= 15 is 0 Å². The fourth-order valence-electron chi connectivity index (χ4n) is 2.29. The summed E-state index contributed by atoms with van der Waals surface area (Å²) in [5.41, 5.74) is 2.15. The lowest BCUT2D eigenvalue weighted by atomic mass is 10.2. The van der Waals surface area contributed by atoms with Crippen LogP contribution in [0.5, 0.6) is 0 Å². The molecule has 0 aliphatic carbocycles. The molecule has 0 bridgehead atoms. The number of aromatic nitrogens is 5. The highest BCUT2D eigenvalue weighted by atomic mass is 32.2. The van der Waals surface area contributed by atoms with Gasteiger partial charge in [-0.15, -0.1) is 10.2 Å². The zero-order valence-corrected chi connectivity index (χ0v) is 13.3. The van der Waals surface area contributed by atoms with E-state index in [4.69, 9.17) is 0 Å². The van der Waals surface area contributed by atoms with Crippen LogP contribution in [0.3, 0.4) is 0 Å². The minimum Gasteiger partial charge on any atom is -0.264 e. The lowest BCUT2D eigenvalue weighted by molar-refractivity contribution is 0.617. The molecule has 5 nitrogen and oxygen atoms in total. The molecule has 118 valence electrons. The van der Waals surface area contributed by atoms with E-state index < -0.39 is 0 Å².